The summed E-state index contributed by atoms with van der Waals surface area (Å²) in [5, 5.41) is 4.72. The predicted molar refractivity (Wildman–Crippen MR) is 82.9 cm³/mol. The van der Waals surface area contributed by atoms with Gasteiger partial charge in [-0.05, 0) is 31.7 Å². The van der Waals surface area contributed by atoms with Gasteiger partial charge < -0.3 is 10.2 Å². The summed E-state index contributed by atoms with van der Waals surface area (Å²) in [5.41, 5.74) is 2.62. The average molecular weight is 285 g/mol. The monoisotopic (exact) mass is 284 g/mol. The molecule has 2 unspecified atom stereocenters. The summed E-state index contributed by atoms with van der Waals surface area (Å²) < 4.78 is 0. The molecule has 1 saturated heterocycles. The average Bonchev–Trinajstić information content (AvgIpc) is 2.35. The third kappa shape index (κ3) is 2.95. The van der Waals surface area contributed by atoms with Crippen molar-refractivity contribution < 1.29 is 0 Å². The van der Waals surface area contributed by atoms with E-state index in [1.54, 1.807) is 0 Å². The van der Waals surface area contributed by atoms with Gasteiger partial charge in [0.15, 0.2) is 0 Å². The zero-order chi connectivity index (χ0) is 13.1. The minimum Gasteiger partial charge on any atom is -0.367 e. The van der Waals surface area contributed by atoms with E-state index in [1.807, 2.05) is 13.1 Å². The molecule has 1 fully saturated rings. The molecule has 1 aromatic carbocycles. The molecule has 2 atom stereocenters. The molecular formula is C14H21ClN2S. The van der Waals surface area contributed by atoms with Crippen molar-refractivity contribution >= 4 is 29.1 Å². The van der Waals surface area contributed by atoms with E-state index >= 15 is 0 Å². The van der Waals surface area contributed by atoms with E-state index in [2.05, 4.69) is 48.0 Å². The van der Waals surface area contributed by atoms with Crippen molar-refractivity contribution in [3.05, 3.63) is 28.8 Å². The fourth-order valence-corrected chi connectivity index (χ4v) is 3.68. The van der Waals surface area contributed by atoms with Crippen LogP contribution in [0.25, 0.3) is 0 Å². The quantitative estimate of drug-likeness (QED) is 0.916. The highest BCUT2D eigenvalue weighted by atomic mass is 35.5. The van der Waals surface area contributed by atoms with Gasteiger partial charge in [-0.3, -0.25) is 0 Å². The lowest BCUT2D eigenvalue weighted by Gasteiger charge is -2.40. The van der Waals surface area contributed by atoms with E-state index < -0.39 is 0 Å². The first-order valence-electron chi connectivity index (χ1n) is 6.44. The Hall–Kier alpha value is -0.380. The van der Waals surface area contributed by atoms with Crippen LogP contribution in [-0.2, 0) is 6.54 Å². The van der Waals surface area contributed by atoms with E-state index in [0.29, 0.717) is 11.3 Å². The van der Waals surface area contributed by atoms with Crippen LogP contribution in [0.15, 0.2) is 18.2 Å². The van der Waals surface area contributed by atoms with Crippen molar-refractivity contribution in [1.29, 1.82) is 0 Å². The van der Waals surface area contributed by atoms with Gasteiger partial charge in [0, 0.05) is 40.8 Å². The highest BCUT2D eigenvalue weighted by Gasteiger charge is 2.26. The molecule has 0 saturated carbocycles. The molecule has 2 rings (SSSR count). The number of anilines is 1. The topological polar surface area (TPSA) is 15.3 Å². The second kappa shape index (κ2) is 6.18. The number of rotatable bonds is 3. The minimum absolute atomic E-state index is 0.554. The Morgan fingerprint density at radius 3 is 2.94 bits per heavy atom. The molecule has 0 radical (unpaired) electrons. The first-order chi connectivity index (χ1) is 8.63. The van der Waals surface area contributed by atoms with E-state index in [0.717, 1.165) is 18.1 Å². The molecule has 0 bridgehead atoms. The summed E-state index contributed by atoms with van der Waals surface area (Å²) >= 11 is 8.23. The van der Waals surface area contributed by atoms with Gasteiger partial charge in [-0.25, -0.2) is 0 Å². The Balaban J connectivity index is 2.32. The molecule has 1 N–H and O–H groups in total. The van der Waals surface area contributed by atoms with Crippen LogP contribution < -0.4 is 10.2 Å². The Morgan fingerprint density at radius 1 is 1.44 bits per heavy atom. The van der Waals surface area contributed by atoms with Crippen LogP contribution in [0.1, 0.15) is 19.4 Å². The molecular weight excluding hydrogens is 264 g/mol. The lowest BCUT2D eigenvalue weighted by atomic mass is 10.1. The number of nitrogens with zero attached hydrogens (tertiary/aromatic N) is 1. The highest BCUT2D eigenvalue weighted by molar-refractivity contribution is 8.00. The SMILES string of the molecule is CNCc1ccc(Cl)cc1N1CCSC(C)C1C. The van der Waals surface area contributed by atoms with Crippen LogP contribution in [0.4, 0.5) is 5.69 Å². The molecule has 1 heterocycles. The summed E-state index contributed by atoms with van der Waals surface area (Å²) in [6, 6.07) is 6.77. The van der Waals surface area contributed by atoms with E-state index in [9.17, 15) is 0 Å². The third-order valence-electron chi connectivity index (χ3n) is 3.61. The second-order valence-corrected chi connectivity index (χ2v) is 6.73. The van der Waals surface area contributed by atoms with Gasteiger partial charge in [-0.2, -0.15) is 11.8 Å². The molecule has 1 aromatic rings. The van der Waals surface area contributed by atoms with Gasteiger partial charge in [0.25, 0.3) is 0 Å². The smallest absolute Gasteiger partial charge is 0.0429 e. The van der Waals surface area contributed by atoms with E-state index in [4.69, 9.17) is 11.6 Å². The van der Waals surface area contributed by atoms with Crippen molar-refractivity contribution in [1.82, 2.24) is 5.32 Å². The lowest BCUT2D eigenvalue weighted by molar-refractivity contribution is 0.623. The number of thioether (sulfide) groups is 1. The van der Waals surface area contributed by atoms with Crippen molar-refractivity contribution in [2.75, 3.05) is 24.2 Å². The zero-order valence-corrected chi connectivity index (χ0v) is 12.8. The predicted octanol–water partition coefficient (Wildman–Crippen LogP) is 3.39. The first-order valence-corrected chi connectivity index (χ1v) is 7.87. The summed E-state index contributed by atoms with van der Waals surface area (Å²) in [5.74, 6) is 1.19. The van der Waals surface area contributed by atoms with Gasteiger partial charge in [-0.15, -0.1) is 0 Å². The van der Waals surface area contributed by atoms with E-state index in [1.165, 1.54) is 17.0 Å². The van der Waals surface area contributed by atoms with Crippen LogP contribution in [0.3, 0.4) is 0 Å². The van der Waals surface area contributed by atoms with Crippen LogP contribution in [0, 0.1) is 0 Å². The normalized spacial score (nSPS) is 24.3. The van der Waals surface area contributed by atoms with Crippen molar-refractivity contribution in [3.8, 4) is 0 Å². The number of halogens is 1. The number of nitrogens with one attached hydrogen (secondary N) is 1. The van der Waals surface area contributed by atoms with Gasteiger partial charge >= 0.3 is 0 Å². The molecule has 0 amide bonds. The summed E-state index contributed by atoms with van der Waals surface area (Å²) in [6.07, 6.45) is 0. The molecule has 1 aliphatic rings. The largest absolute Gasteiger partial charge is 0.367 e. The summed E-state index contributed by atoms with van der Waals surface area (Å²) in [6.45, 7) is 6.61. The Bertz CT molecular complexity index is 411. The Kier molecular flexibility index (Phi) is 4.82. The molecule has 100 valence electrons. The zero-order valence-electron chi connectivity index (χ0n) is 11.2. The minimum atomic E-state index is 0.554. The molecule has 0 spiro atoms. The number of hydrogen-bond acceptors (Lipinski definition) is 3. The van der Waals surface area contributed by atoms with Crippen LogP contribution >= 0.6 is 23.4 Å². The van der Waals surface area contributed by atoms with Gasteiger partial charge in [0.05, 0.1) is 0 Å². The number of hydrogen-bond donors (Lipinski definition) is 1. The fraction of sp³-hybridized carbons (Fsp3) is 0.571. The van der Waals surface area contributed by atoms with Crippen molar-refractivity contribution in [2.24, 2.45) is 0 Å². The Morgan fingerprint density at radius 2 is 2.22 bits per heavy atom. The maximum absolute atomic E-state index is 6.17. The third-order valence-corrected chi connectivity index (χ3v) is 5.18. The highest BCUT2D eigenvalue weighted by Crippen LogP contribution is 2.32. The van der Waals surface area contributed by atoms with Crippen LogP contribution in [-0.4, -0.2) is 30.6 Å². The molecule has 4 heteroatoms. The molecule has 18 heavy (non-hydrogen) atoms. The second-order valence-electron chi connectivity index (χ2n) is 4.81. The fourth-order valence-electron chi connectivity index (χ4n) is 2.42. The summed E-state index contributed by atoms with van der Waals surface area (Å²) in [4.78, 5) is 2.50. The summed E-state index contributed by atoms with van der Waals surface area (Å²) in [7, 11) is 1.98. The van der Waals surface area contributed by atoms with Gasteiger partial charge in [0.1, 0.15) is 0 Å². The molecule has 1 aliphatic heterocycles. The molecule has 2 nitrogen and oxygen atoms in total. The van der Waals surface area contributed by atoms with E-state index in [-0.39, 0.29) is 0 Å². The van der Waals surface area contributed by atoms with Crippen LogP contribution in [0.5, 0.6) is 0 Å². The maximum Gasteiger partial charge on any atom is 0.0429 e. The van der Waals surface area contributed by atoms with Crippen LogP contribution in [0.2, 0.25) is 5.02 Å². The molecule has 0 aromatic heterocycles. The van der Waals surface area contributed by atoms with Gasteiger partial charge in [0.2, 0.25) is 0 Å². The standard InChI is InChI=1S/C14H21ClN2S/c1-10-11(2)18-7-6-17(10)14-8-13(15)5-4-12(14)9-16-3/h4-5,8,10-11,16H,6-7,9H2,1-3H3. The van der Waals surface area contributed by atoms with Crippen molar-refractivity contribution in [3.63, 3.8) is 0 Å². The maximum atomic E-state index is 6.17. The van der Waals surface area contributed by atoms with Crippen molar-refractivity contribution in [2.45, 2.75) is 31.7 Å². The first kappa shape index (κ1) is 14.0. The Labute approximate surface area is 119 Å². The number of benzene rings is 1. The van der Waals surface area contributed by atoms with Gasteiger partial charge in [-0.1, -0.05) is 24.6 Å². The lowest BCUT2D eigenvalue weighted by Crippen LogP contribution is -2.45. The molecule has 0 aliphatic carbocycles.